The highest BCUT2D eigenvalue weighted by Gasteiger charge is 2.22. The lowest BCUT2D eigenvalue weighted by Crippen LogP contribution is -2.37. The van der Waals surface area contributed by atoms with Crippen molar-refractivity contribution in [2.24, 2.45) is 0 Å². The fourth-order valence-electron chi connectivity index (χ4n) is 10.5. The lowest BCUT2D eigenvalue weighted by atomic mass is 10.0. The van der Waals surface area contributed by atoms with Crippen LogP contribution in [0.5, 0.6) is 0 Å². The van der Waals surface area contributed by atoms with E-state index >= 15 is 0 Å². The van der Waals surface area contributed by atoms with Crippen molar-refractivity contribution in [3.8, 4) is 0 Å². The molecule has 0 aliphatic rings. The molecule has 0 saturated carbocycles. The van der Waals surface area contributed by atoms with Crippen molar-refractivity contribution in [1.29, 1.82) is 0 Å². The van der Waals surface area contributed by atoms with Gasteiger partial charge in [-0.3, -0.25) is 14.2 Å². The second-order valence-electron chi connectivity index (χ2n) is 25.9. The second kappa shape index (κ2) is 68.3. The first-order chi connectivity index (χ1) is 43.0. The number of likely N-dealkylation sites (N-methyl/N-ethyl adjacent to an activating group) is 1. The summed E-state index contributed by atoms with van der Waals surface area (Å²) in [6.07, 6.45) is 95.4. The van der Waals surface area contributed by atoms with E-state index < -0.39 is 32.5 Å². The van der Waals surface area contributed by atoms with Crippen LogP contribution in [0.4, 0.5) is 0 Å². The Morgan fingerprint density at radius 3 is 1.01 bits per heavy atom. The van der Waals surface area contributed by atoms with Crippen molar-refractivity contribution in [2.75, 3.05) is 47.5 Å². The van der Waals surface area contributed by atoms with E-state index in [2.05, 4.69) is 105 Å². The van der Waals surface area contributed by atoms with Crippen LogP contribution in [0.25, 0.3) is 0 Å². The summed E-state index contributed by atoms with van der Waals surface area (Å²) in [4.78, 5) is 38.0. The molecule has 0 aliphatic carbocycles. The molecule has 9 nitrogen and oxygen atoms in total. The topological polar surface area (TPSA) is 111 Å². The number of carbonyl (C=O) groups excluding carboxylic acids is 2. The predicted octanol–water partition coefficient (Wildman–Crippen LogP) is 23.6. The minimum atomic E-state index is -4.66. The van der Waals surface area contributed by atoms with E-state index in [1.165, 1.54) is 231 Å². The molecular formula is C78H140NO8P. The maximum absolute atomic E-state index is 12.8. The zero-order chi connectivity index (χ0) is 64.1. The molecule has 0 fully saturated rings. The van der Waals surface area contributed by atoms with Crippen LogP contribution < -0.4 is 4.89 Å². The highest BCUT2D eigenvalue weighted by atomic mass is 31.2. The van der Waals surface area contributed by atoms with Gasteiger partial charge >= 0.3 is 11.9 Å². The largest absolute Gasteiger partial charge is 0.756 e. The van der Waals surface area contributed by atoms with Crippen LogP contribution >= 0.6 is 7.82 Å². The summed E-state index contributed by atoms with van der Waals surface area (Å²) in [5.74, 6) is -0.897. The molecule has 0 bridgehead atoms. The molecule has 0 aromatic carbocycles. The van der Waals surface area contributed by atoms with Crippen LogP contribution in [-0.4, -0.2) is 70.0 Å². The Morgan fingerprint density at radius 2 is 0.659 bits per heavy atom. The minimum absolute atomic E-state index is 0.0451. The lowest BCUT2D eigenvalue weighted by Gasteiger charge is -2.28. The van der Waals surface area contributed by atoms with Crippen molar-refractivity contribution in [3.05, 3.63) is 97.2 Å². The number of hydrogen-bond donors (Lipinski definition) is 0. The summed E-state index contributed by atoms with van der Waals surface area (Å²) in [5.41, 5.74) is 0. The second-order valence-corrected chi connectivity index (χ2v) is 27.3. The molecule has 0 aromatic rings. The lowest BCUT2D eigenvalue weighted by molar-refractivity contribution is -0.870. The molecule has 0 amide bonds. The zero-order valence-electron chi connectivity index (χ0n) is 58.2. The van der Waals surface area contributed by atoms with Crippen molar-refractivity contribution in [3.63, 3.8) is 0 Å². The van der Waals surface area contributed by atoms with Gasteiger partial charge in [0.05, 0.1) is 27.7 Å². The van der Waals surface area contributed by atoms with Gasteiger partial charge in [-0.15, -0.1) is 0 Å². The third-order valence-electron chi connectivity index (χ3n) is 16.1. The standard InChI is InChI=1S/C78H140NO8P/c1-6-8-10-12-14-16-18-20-22-24-26-28-30-31-32-33-34-35-36-37-38-39-40-41-42-43-44-45-46-47-49-50-52-54-56-58-60-62-64-66-68-70-77(80)84-74-76(75-86-88(82,83)85-73-72-79(3,4)5)87-78(81)71-69-67-65-63-61-59-57-55-53-51-48-29-27-25-23-21-19-17-15-13-11-9-7-2/h9,11,15,17,21,23-24,26-27,29,51,53,57,59,63,65,76H,6-8,10,12-14,16,18-20,22,25,28,30-50,52,54-56,58,60-62,64,66-75H2,1-5H3/b11-9-,17-15-,23-21-,26-24-,29-27-,53-51-,59-57-,65-63-. The fourth-order valence-corrected chi connectivity index (χ4v) is 11.2. The van der Waals surface area contributed by atoms with Gasteiger partial charge in [0.2, 0.25) is 0 Å². The zero-order valence-corrected chi connectivity index (χ0v) is 59.1. The molecular weight excluding hydrogens is 1110 g/mol. The first-order valence-corrected chi connectivity index (χ1v) is 38.4. The van der Waals surface area contributed by atoms with Crippen molar-refractivity contribution in [1.82, 2.24) is 0 Å². The van der Waals surface area contributed by atoms with Crippen LogP contribution in [0.15, 0.2) is 97.2 Å². The Balaban J connectivity index is 3.96. The summed E-state index contributed by atoms with van der Waals surface area (Å²) in [7, 11) is 1.13. The molecule has 10 heteroatoms. The van der Waals surface area contributed by atoms with Crippen LogP contribution in [0.3, 0.4) is 0 Å². The van der Waals surface area contributed by atoms with Crippen LogP contribution in [0.1, 0.15) is 335 Å². The normalized spacial score (nSPS) is 13.7. The van der Waals surface area contributed by atoms with Gasteiger partial charge in [0.15, 0.2) is 6.10 Å². The Bertz CT molecular complexity index is 1810. The molecule has 0 radical (unpaired) electrons. The third-order valence-corrected chi connectivity index (χ3v) is 17.1. The van der Waals surface area contributed by atoms with Gasteiger partial charge in [0.25, 0.3) is 7.82 Å². The van der Waals surface area contributed by atoms with Crippen molar-refractivity contribution in [2.45, 2.75) is 341 Å². The van der Waals surface area contributed by atoms with Gasteiger partial charge in [-0.05, 0) is 89.9 Å². The average Bonchev–Trinajstić information content (AvgIpc) is 3.68. The summed E-state index contributed by atoms with van der Waals surface area (Å²) in [6, 6.07) is 0. The first-order valence-electron chi connectivity index (χ1n) is 36.9. The molecule has 0 saturated heterocycles. The molecule has 510 valence electrons. The molecule has 0 N–H and O–H groups in total. The van der Waals surface area contributed by atoms with Crippen LogP contribution in [-0.2, 0) is 32.7 Å². The van der Waals surface area contributed by atoms with Gasteiger partial charge in [-0.25, -0.2) is 0 Å². The number of carbonyl (C=O) groups is 2. The summed E-state index contributed by atoms with van der Waals surface area (Å²) < 4.78 is 34.2. The van der Waals surface area contributed by atoms with Crippen molar-refractivity contribution >= 4 is 19.8 Å². The van der Waals surface area contributed by atoms with Crippen LogP contribution in [0, 0.1) is 0 Å². The van der Waals surface area contributed by atoms with Gasteiger partial charge in [-0.1, -0.05) is 329 Å². The highest BCUT2D eigenvalue weighted by Crippen LogP contribution is 2.38. The highest BCUT2D eigenvalue weighted by molar-refractivity contribution is 7.45. The summed E-state index contributed by atoms with van der Waals surface area (Å²) >= 11 is 0. The van der Waals surface area contributed by atoms with E-state index in [1.54, 1.807) is 0 Å². The molecule has 88 heavy (non-hydrogen) atoms. The van der Waals surface area contributed by atoms with E-state index in [-0.39, 0.29) is 26.1 Å². The van der Waals surface area contributed by atoms with Crippen molar-refractivity contribution < 1.29 is 42.1 Å². The summed E-state index contributed by atoms with van der Waals surface area (Å²) in [5, 5.41) is 0. The Labute approximate surface area is 544 Å². The molecule has 2 unspecified atom stereocenters. The van der Waals surface area contributed by atoms with Gasteiger partial charge < -0.3 is 27.9 Å². The number of esters is 2. The van der Waals surface area contributed by atoms with Gasteiger partial charge in [0, 0.05) is 12.8 Å². The number of phosphoric ester groups is 1. The maximum Gasteiger partial charge on any atom is 0.306 e. The minimum Gasteiger partial charge on any atom is -0.756 e. The van der Waals surface area contributed by atoms with E-state index in [1.807, 2.05) is 27.2 Å². The van der Waals surface area contributed by atoms with E-state index in [4.69, 9.17) is 18.5 Å². The molecule has 2 atom stereocenters. The molecule has 0 aromatic heterocycles. The van der Waals surface area contributed by atoms with Gasteiger partial charge in [-0.2, -0.15) is 0 Å². The Hall–Kier alpha value is -3.07. The number of nitrogens with zero attached hydrogens (tertiary/aromatic N) is 1. The summed E-state index contributed by atoms with van der Waals surface area (Å²) in [6.45, 7) is 4.09. The molecule has 0 spiro atoms. The Kier molecular flexibility index (Phi) is 65.9. The maximum atomic E-state index is 12.8. The van der Waals surface area contributed by atoms with Crippen LogP contribution in [0.2, 0.25) is 0 Å². The number of rotatable bonds is 68. The number of quaternary nitrogens is 1. The number of ether oxygens (including phenoxy) is 2. The SMILES string of the molecule is CC/C=C\C/C=C\C/C=C\C/C=C\C/C=C\C/C=C\C/C=C\CCCC(=O)OC(COC(=O)CCCCCCCCCCCCCCCCCCCCCCCCCCCCCCC/C=C\CCCCCCCCCC)COP(=O)([O-])OCC[N+](C)(C)C. The Morgan fingerprint density at radius 1 is 0.364 bits per heavy atom. The molecule has 0 aliphatic heterocycles. The number of phosphoric acid groups is 1. The average molecular weight is 1250 g/mol. The van der Waals surface area contributed by atoms with E-state index in [0.29, 0.717) is 23.9 Å². The molecule has 0 rings (SSSR count). The fraction of sp³-hybridized carbons (Fsp3) is 0.769. The third kappa shape index (κ3) is 72.0. The van der Waals surface area contributed by atoms with E-state index in [0.717, 1.165) is 64.2 Å². The van der Waals surface area contributed by atoms with Gasteiger partial charge in [0.1, 0.15) is 19.8 Å². The molecule has 0 heterocycles. The first kappa shape index (κ1) is 84.9. The quantitative estimate of drug-likeness (QED) is 0.0195. The monoisotopic (exact) mass is 1250 g/mol. The smallest absolute Gasteiger partial charge is 0.306 e. The number of hydrogen-bond acceptors (Lipinski definition) is 8. The number of unbranched alkanes of at least 4 members (excludes halogenated alkanes) is 38. The number of allylic oxidation sites excluding steroid dienone is 16. The van der Waals surface area contributed by atoms with E-state index in [9.17, 15) is 19.0 Å². The predicted molar refractivity (Wildman–Crippen MR) is 379 cm³/mol.